The monoisotopic (exact) mass is 361 g/mol. The first-order chi connectivity index (χ1) is 11.8. The summed E-state index contributed by atoms with van der Waals surface area (Å²) < 4.78 is 5.03. The summed E-state index contributed by atoms with van der Waals surface area (Å²) in [4.78, 5) is 42.8. The number of nitrogens with one attached hydrogen (secondary N) is 2. The second-order valence-electron chi connectivity index (χ2n) is 5.39. The minimum atomic E-state index is -0.677. The highest BCUT2D eigenvalue weighted by Gasteiger charge is 2.21. The van der Waals surface area contributed by atoms with Crippen LogP contribution in [0.15, 0.2) is 18.0 Å². The Morgan fingerprint density at radius 2 is 2.12 bits per heavy atom. The number of aromatic nitrogens is 2. The van der Waals surface area contributed by atoms with E-state index < -0.39 is 18.4 Å². The molecular formula is C17H19N3O4S. The first-order valence-electron chi connectivity index (χ1n) is 7.55. The van der Waals surface area contributed by atoms with Crippen molar-refractivity contribution in [3.63, 3.8) is 0 Å². The number of ether oxygens (including phenoxy) is 1. The Morgan fingerprint density at radius 3 is 2.72 bits per heavy atom. The van der Waals surface area contributed by atoms with E-state index in [2.05, 4.69) is 21.9 Å². The Balaban J connectivity index is 2.01. The fourth-order valence-corrected chi connectivity index (χ4v) is 3.13. The molecule has 0 saturated heterocycles. The van der Waals surface area contributed by atoms with E-state index in [1.165, 1.54) is 18.3 Å². The number of hydrogen-bond acceptors (Lipinski definition) is 7. The molecule has 0 radical (unpaired) electrons. The van der Waals surface area contributed by atoms with E-state index >= 15 is 0 Å². The zero-order chi connectivity index (χ0) is 18.6. The molecule has 0 spiro atoms. The maximum absolute atomic E-state index is 12.3. The van der Waals surface area contributed by atoms with Gasteiger partial charge in [-0.05, 0) is 26.3 Å². The van der Waals surface area contributed by atoms with Crippen molar-refractivity contribution in [1.29, 1.82) is 0 Å². The van der Waals surface area contributed by atoms with Gasteiger partial charge in [0.2, 0.25) is 5.78 Å². The topological polar surface area (TPSA) is 101 Å². The summed E-state index contributed by atoms with van der Waals surface area (Å²) in [7, 11) is 0. The first-order valence-corrected chi connectivity index (χ1v) is 8.43. The molecule has 2 N–H and O–H groups in total. The molecule has 0 unspecified atom stereocenters. The van der Waals surface area contributed by atoms with E-state index in [0.717, 1.165) is 0 Å². The number of thiazole rings is 1. The smallest absolute Gasteiger partial charge is 0.358 e. The maximum Gasteiger partial charge on any atom is 0.358 e. The Labute approximate surface area is 149 Å². The lowest BCUT2D eigenvalue weighted by Gasteiger charge is -2.03. The lowest BCUT2D eigenvalue weighted by atomic mass is 10.1. The third kappa shape index (κ3) is 4.21. The second-order valence-corrected chi connectivity index (χ2v) is 6.25. The Hall–Kier alpha value is -2.74. The number of carbonyl (C=O) groups excluding carboxylic acids is 3. The second kappa shape index (κ2) is 7.89. The summed E-state index contributed by atoms with van der Waals surface area (Å²) in [6, 6.07) is 0. The molecule has 25 heavy (non-hydrogen) atoms. The summed E-state index contributed by atoms with van der Waals surface area (Å²) in [5.74, 6) is -1.20. The van der Waals surface area contributed by atoms with Crippen molar-refractivity contribution < 1.29 is 19.1 Å². The van der Waals surface area contributed by atoms with Gasteiger partial charge >= 0.3 is 5.97 Å². The normalized spacial score (nSPS) is 10.4. The van der Waals surface area contributed by atoms with Gasteiger partial charge in [0.1, 0.15) is 0 Å². The molecule has 0 bridgehead atoms. The number of Topliss-reactive ketones (excluding diaryl/α,β-unsaturated/α-hetero) is 2. The highest BCUT2D eigenvalue weighted by Crippen LogP contribution is 2.19. The zero-order valence-corrected chi connectivity index (χ0v) is 15.1. The SMILES string of the molecule is C=CCNc1nc(C(=O)OCC(=O)c2[nH]c(C)c(C(C)=O)c2C)cs1. The molecule has 0 amide bonds. The fourth-order valence-electron chi connectivity index (χ4n) is 2.44. The van der Waals surface area contributed by atoms with Crippen LogP contribution in [0.25, 0.3) is 0 Å². The standard InChI is InChI=1S/C17H19N3O4S/c1-5-6-18-17-20-12(8-25-17)16(23)24-7-13(22)15-9(2)14(11(4)21)10(3)19-15/h5,8,19H,1,6-7H2,2-4H3,(H,18,20). The van der Waals surface area contributed by atoms with Crippen LogP contribution in [0, 0.1) is 13.8 Å². The van der Waals surface area contributed by atoms with Crippen molar-refractivity contribution >= 4 is 34.0 Å². The molecule has 0 aliphatic heterocycles. The number of ketones is 2. The molecule has 2 heterocycles. The summed E-state index contributed by atoms with van der Waals surface area (Å²) in [6.07, 6.45) is 1.67. The summed E-state index contributed by atoms with van der Waals surface area (Å²) in [5, 5.41) is 5.09. The Morgan fingerprint density at radius 1 is 1.40 bits per heavy atom. The Kier molecular flexibility index (Phi) is 5.87. The van der Waals surface area contributed by atoms with Gasteiger partial charge in [-0.2, -0.15) is 0 Å². The van der Waals surface area contributed by atoms with Crippen molar-refractivity contribution in [3.05, 3.63) is 46.2 Å². The van der Waals surface area contributed by atoms with Crippen molar-refractivity contribution in [1.82, 2.24) is 9.97 Å². The predicted molar refractivity (Wildman–Crippen MR) is 95.7 cm³/mol. The lowest BCUT2D eigenvalue weighted by Crippen LogP contribution is -2.16. The van der Waals surface area contributed by atoms with E-state index in [-0.39, 0.29) is 17.2 Å². The molecule has 0 aliphatic carbocycles. The van der Waals surface area contributed by atoms with Gasteiger partial charge < -0.3 is 15.0 Å². The number of aromatic amines is 1. The van der Waals surface area contributed by atoms with Crippen LogP contribution in [0.2, 0.25) is 0 Å². The zero-order valence-electron chi connectivity index (χ0n) is 14.3. The molecule has 7 nitrogen and oxygen atoms in total. The van der Waals surface area contributed by atoms with Crippen molar-refractivity contribution in [2.75, 3.05) is 18.5 Å². The molecule has 8 heteroatoms. The van der Waals surface area contributed by atoms with E-state index in [1.54, 1.807) is 25.3 Å². The molecule has 0 aromatic carbocycles. The van der Waals surface area contributed by atoms with Crippen LogP contribution in [-0.4, -0.2) is 40.7 Å². The number of carbonyl (C=O) groups is 3. The molecule has 0 aliphatic rings. The molecule has 0 atom stereocenters. The van der Waals surface area contributed by atoms with Gasteiger partial charge in [-0.1, -0.05) is 6.08 Å². The maximum atomic E-state index is 12.3. The number of anilines is 1. The van der Waals surface area contributed by atoms with Gasteiger partial charge in [0, 0.05) is 23.2 Å². The Bertz CT molecular complexity index is 835. The minimum Gasteiger partial charge on any atom is -0.452 e. The predicted octanol–water partition coefficient (Wildman–Crippen LogP) is 2.93. The highest BCUT2D eigenvalue weighted by atomic mass is 32.1. The van der Waals surface area contributed by atoms with Crippen LogP contribution in [0.4, 0.5) is 5.13 Å². The van der Waals surface area contributed by atoms with Gasteiger partial charge in [-0.3, -0.25) is 9.59 Å². The van der Waals surface area contributed by atoms with E-state index in [1.807, 2.05) is 0 Å². The minimum absolute atomic E-state index is 0.121. The number of aryl methyl sites for hydroxylation is 1. The van der Waals surface area contributed by atoms with Crippen LogP contribution < -0.4 is 5.32 Å². The molecular weight excluding hydrogens is 342 g/mol. The third-order valence-corrected chi connectivity index (χ3v) is 4.31. The van der Waals surface area contributed by atoms with Gasteiger partial charge in [0.15, 0.2) is 23.2 Å². The van der Waals surface area contributed by atoms with Crippen LogP contribution >= 0.6 is 11.3 Å². The van der Waals surface area contributed by atoms with Crippen molar-refractivity contribution in [2.24, 2.45) is 0 Å². The lowest BCUT2D eigenvalue weighted by molar-refractivity contribution is 0.0468. The molecule has 2 aromatic heterocycles. The molecule has 132 valence electrons. The summed E-state index contributed by atoms with van der Waals surface area (Å²) >= 11 is 1.26. The average molecular weight is 361 g/mol. The van der Waals surface area contributed by atoms with E-state index in [0.29, 0.717) is 28.5 Å². The first kappa shape index (κ1) is 18.6. The van der Waals surface area contributed by atoms with Gasteiger partial charge in [-0.25, -0.2) is 9.78 Å². The molecule has 0 fully saturated rings. The largest absolute Gasteiger partial charge is 0.452 e. The number of hydrogen-bond donors (Lipinski definition) is 2. The van der Waals surface area contributed by atoms with Crippen LogP contribution in [0.5, 0.6) is 0 Å². The number of esters is 1. The van der Waals surface area contributed by atoms with Gasteiger partial charge in [-0.15, -0.1) is 17.9 Å². The van der Waals surface area contributed by atoms with E-state index in [4.69, 9.17) is 4.74 Å². The molecule has 0 saturated carbocycles. The summed E-state index contributed by atoms with van der Waals surface area (Å²) in [5.41, 5.74) is 2.09. The van der Waals surface area contributed by atoms with Crippen molar-refractivity contribution in [3.8, 4) is 0 Å². The molecule has 2 aromatic rings. The van der Waals surface area contributed by atoms with Gasteiger partial charge in [0.25, 0.3) is 0 Å². The third-order valence-electron chi connectivity index (χ3n) is 3.51. The average Bonchev–Trinajstić information content (AvgIpc) is 3.14. The van der Waals surface area contributed by atoms with Crippen molar-refractivity contribution in [2.45, 2.75) is 20.8 Å². The fraction of sp³-hybridized carbons (Fsp3) is 0.294. The summed E-state index contributed by atoms with van der Waals surface area (Å²) in [6.45, 7) is 8.54. The van der Waals surface area contributed by atoms with Crippen LogP contribution in [0.1, 0.15) is 49.5 Å². The van der Waals surface area contributed by atoms with Gasteiger partial charge in [0.05, 0.1) is 5.69 Å². The van der Waals surface area contributed by atoms with Crippen LogP contribution in [-0.2, 0) is 4.74 Å². The van der Waals surface area contributed by atoms with E-state index in [9.17, 15) is 14.4 Å². The quantitative estimate of drug-likeness (QED) is 0.426. The highest BCUT2D eigenvalue weighted by molar-refractivity contribution is 7.13. The van der Waals surface area contributed by atoms with Crippen LogP contribution in [0.3, 0.4) is 0 Å². The number of nitrogens with zero attached hydrogens (tertiary/aromatic N) is 1. The number of H-pyrrole nitrogens is 1. The number of rotatable bonds is 8. The molecule has 2 rings (SSSR count).